The number of allylic oxidation sites excluding steroid dienone is 1. The molecular formula is C17H25F2NO3. The van der Waals surface area contributed by atoms with Crippen molar-refractivity contribution in [3.05, 3.63) is 23.5 Å². The van der Waals surface area contributed by atoms with Crippen LogP contribution >= 0.6 is 0 Å². The van der Waals surface area contributed by atoms with Gasteiger partial charge in [0.05, 0.1) is 5.57 Å². The maximum atomic E-state index is 13.7. The lowest BCUT2D eigenvalue weighted by Crippen LogP contribution is -2.39. The molecule has 1 rings (SSSR count). The predicted octanol–water partition coefficient (Wildman–Crippen LogP) is 3.64. The second kappa shape index (κ2) is 7.70. The average molecular weight is 329 g/mol. The summed E-state index contributed by atoms with van der Waals surface area (Å²) in [7, 11) is 1.56. The number of hydrogen-bond acceptors (Lipinski definition) is 3. The number of carbonyl (C=O) groups is 2. The van der Waals surface area contributed by atoms with Crippen LogP contribution in [0.1, 0.15) is 46.0 Å². The topological polar surface area (TPSA) is 57.6 Å². The molecule has 0 spiro atoms. The summed E-state index contributed by atoms with van der Waals surface area (Å²) in [4.78, 5) is 25.0. The first-order valence-corrected chi connectivity index (χ1v) is 7.87. The van der Waals surface area contributed by atoms with Crippen LogP contribution in [0.25, 0.3) is 0 Å². The highest BCUT2D eigenvalue weighted by Crippen LogP contribution is 2.41. The molecule has 2 atom stereocenters. The number of halogens is 2. The van der Waals surface area contributed by atoms with Crippen LogP contribution in [0.5, 0.6) is 0 Å². The molecule has 0 radical (unpaired) electrons. The quantitative estimate of drug-likeness (QED) is 0.350. The van der Waals surface area contributed by atoms with Gasteiger partial charge in [-0.2, -0.15) is 0 Å². The highest BCUT2D eigenvalue weighted by atomic mass is 19.3. The minimum atomic E-state index is -2.87. The fourth-order valence-electron chi connectivity index (χ4n) is 2.78. The van der Waals surface area contributed by atoms with Crippen molar-refractivity contribution >= 4 is 12.2 Å². The van der Waals surface area contributed by atoms with Gasteiger partial charge in [0, 0.05) is 31.5 Å². The number of nitrogens with zero attached hydrogens (tertiary/aromatic N) is 1. The van der Waals surface area contributed by atoms with E-state index in [2.05, 4.69) is 6.58 Å². The first kappa shape index (κ1) is 19.3. The lowest BCUT2D eigenvalue weighted by molar-refractivity contribution is -0.129. The van der Waals surface area contributed by atoms with Crippen LogP contribution in [0.4, 0.5) is 8.78 Å². The van der Waals surface area contributed by atoms with Crippen molar-refractivity contribution in [1.82, 2.24) is 4.90 Å². The summed E-state index contributed by atoms with van der Waals surface area (Å²) in [6.45, 7) is 7.13. The maximum absolute atomic E-state index is 13.7. The molecule has 1 saturated carbocycles. The molecule has 0 aliphatic heterocycles. The Labute approximate surface area is 135 Å². The first-order chi connectivity index (χ1) is 10.6. The molecule has 1 N–H and O–H groups in total. The van der Waals surface area contributed by atoms with Crippen molar-refractivity contribution in [3.63, 3.8) is 0 Å². The monoisotopic (exact) mass is 329 g/mol. The van der Waals surface area contributed by atoms with E-state index in [0.717, 1.165) is 0 Å². The molecule has 2 unspecified atom stereocenters. The van der Waals surface area contributed by atoms with Gasteiger partial charge in [-0.25, -0.2) is 8.78 Å². The Kier molecular flexibility index (Phi) is 6.47. The lowest BCUT2D eigenvalue weighted by Gasteiger charge is -2.33. The van der Waals surface area contributed by atoms with Crippen molar-refractivity contribution in [3.8, 4) is 0 Å². The number of aliphatic hydroxyl groups is 1. The molecule has 1 aliphatic carbocycles. The van der Waals surface area contributed by atoms with Crippen LogP contribution in [0.15, 0.2) is 23.5 Å². The number of aliphatic hydroxyl groups excluding tert-OH is 1. The zero-order chi connectivity index (χ0) is 17.8. The largest absolute Gasteiger partial charge is 0.507 e. The van der Waals surface area contributed by atoms with Gasteiger partial charge in [0.25, 0.3) is 5.91 Å². The van der Waals surface area contributed by atoms with E-state index in [0.29, 0.717) is 19.1 Å². The molecule has 6 heteroatoms. The second-order valence-corrected chi connectivity index (χ2v) is 6.23. The Balaban J connectivity index is 3.25. The summed E-state index contributed by atoms with van der Waals surface area (Å²) >= 11 is 0. The highest BCUT2D eigenvalue weighted by Gasteiger charge is 2.41. The van der Waals surface area contributed by atoms with Gasteiger partial charge in [0.1, 0.15) is 5.76 Å². The Morgan fingerprint density at radius 2 is 2.13 bits per heavy atom. The van der Waals surface area contributed by atoms with Gasteiger partial charge in [-0.1, -0.05) is 13.5 Å². The molecule has 0 aromatic carbocycles. The van der Waals surface area contributed by atoms with E-state index in [1.54, 1.807) is 7.05 Å². The summed E-state index contributed by atoms with van der Waals surface area (Å²) in [5.74, 6) is -4.74. The molecule has 0 aromatic rings. The van der Waals surface area contributed by atoms with Crippen molar-refractivity contribution < 1.29 is 23.5 Å². The van der Waals surface area contributed by atoms with Gasteiger partial charge in [-0.3, -0.25) is 9.59 Å². The zero-order valence-corrected chi connectivity index (χ0v) is 13.9. The molecule has 1 fully saturated rings. The maximum Gasteiger partial charge on any atom is 0.253 e. The van der Waals surface area contributed by atoms with E-state index >= 15 is 0 Å². The number of rotatable bonds is 6. The Morgan fingerprint density at radius 3 is 2.61 bits per heavy atom. The van der Waals surface area contributed by atoms with Crippen molar-refractivity contribution in [2.45, 2.75) is 57.9 Å². The van der Waals surface area contributed by atoms with E-state index in [-0.39, 0.29) is 30.0 Å². The van der Waals surface area contributed by atoms with Gasteiger partial charge in [-0.15, -0.1) is 0 Å². The van der Waals surface area contributed by atoms with Crippen LogP contribution in [0, 0.1) is 5.92 Å². The minimum absolute atomic E-state index is 0.112. The Bertz CT molecular complexity index is 514. The number of hydrogen-bond donors (Lipinski definition) is 1. The number of amides is 1. The molecule has 0 heterocycles. The summed E-state index contributed by atoms with van der Waals surface area (Å²) in [6, 6.07) is -0.112. The first-order valence-electron chi connectivity index (χ1n) is 7.87. The molecule has 130 valence electrons. The molecule has 0 saturated heterocycles. The predicted molar refractivity (Wildman–Crippen MR) is 84.3 cm³/mol. The Morgan fingerprint density at radius 1 is 1.52 bits per heavy atom. The summed E-state index contributed by atoms with van der Waals surface area (Å²) in [6.07, 6.45) is 0.933. The molecule has 23 heavy (non-hydrogen) atoms. The van der Waals surface area contributed by atoms with Crippen molar-refractivity contribution in [2.75, 3.05) is 7.05 Å². The molecule has 0 aromatic heterocycles. The van der Waals surface area contributed by atoms with E-state index < -0.39 is 29.9 Å². The third kappa shape index (κ3) is 4.62. The normalized spacial score (nSPS) is 22.7. The number of aldehydes is 1. The third-order valence-electron chi connectivity index (χ3n) is 4.55. The Hall–Kier alpha value is -1.72. The molecule has 1 aliphatic rings. The van der Waals surface area contributed by atoms with Crippen LogP contribution in [0.3, 0.4) is 0 Å². The summed E-state index contributed by atoms with van der Waals surface area (Å²) in [5.41, 5.74) is -0.385. The van der Waals surface area contributed by atoms with Gasteiger partial charge < -0.3 is 10.0 Å². The minimum Gasteiger partial charge on any atom is -0.507 e. The number of carbonyl (C=O) groups excluding carboxylic acids is 2. The van der Waals surface area contributed by atoms with E-state index in [9.17, 15) is 23.5 Å². The van der Waals surface area contributed by atoms with Crippen LogP contribution in [-0.2, 0) is 9.59 Å². The summed E-state index contributed by atoms with van der Waals surface area (Å²) < 4.78 is 27.5. The molecule has 4 nitrogen and oxygen atoms in total. The smallest absolute Gasteiger partial charge is 0.253 e. The van der Waals surface area contributed by atoms with E-state index in [1.165, 1.54) is 4.90 Å². The van der Waals surface area contributed by atoms with Crippen LogP contribution < -0.4 is 0 Å². The molecule has 1 amide bonds. The van der Waals surface area contributed by atoms with Crippen molar-refractivity contribution in [2.24, 2.45) is 5.92 Å². The number of likely N-dealkylation sites (N-methyl/N-ethyl adjacent to an activating group) is 1. The molecular weight excluding hydrogens is 304 g/mol. The van der Waals surface area contributed by atoms with Crippen LogP contribution in [0.2, 0.25) is 0 Å². The third-order valence-corrected chi connectivity index (χ3v) is 4.55. The fraction of sp³-hybridized carbons (Fsp3) is 0.647. The number of alkyl halides is 2. The van der Waals surface area contributed by atoms with Gasteiger partial charge in [-0.05, 0) is 32.1 Å². The van der Waals surface area contributed by atoms with Crippen LogP contribution in [-0.4, -0.2) is 41.2 Å². The van der Waals surface area contributed by atoms with Crippen molar-refractivity contribution in [1.29, 1.82) is 0 Å². The average Bonchev–Trinajstić information content (AvgIpc) is 2.51. The van der Waals surface area contributed by atoms with Gasteiger partial charge in [0.15, 0.2) is 6.29 Å². The molecule has 0 bridgehead atoms. The lowest BCUT2D eigenvalue weighted by atomic mass is 9.80. The zero-order valence-electron chi connectivity index (χ0n) is 13.9. The standard InChI is InChI=1S/C17H25F2NO3/c1-5-12(3)20(4)16(23)14(15(22)11(2)10-21)13-7-6-8-17(18,19)9-13/h10,12-13,22H,2,5-9H2,1,3-4H3/b15-14+. The second-order valence-electron chi connectivity index (χ2n) is 6.23. The van der Waals surface area contributed by atoms with E-state index in [4.69, 9.17) is 0 Å². The summed E-state index contributed by atoms with van der Waals surface area (Å²) in [5, 5.41) is 10.2. The fourth-order valence-corrected chi connectivity index (χ4v) is 2.78. The van der Waals surface area contributed by atoms with Gasteiger partial charge >= 0.3 is 0 Å². The van der Waals surface area contributed by atoms with Gasteiger partial charge in [0.2, 0.25) is 5.92 Å². The highest BCUT2D eigenvalue weighted by molar-refractivity contribution is 5.97. The van der Waals surface area contributed by atoms with E-state index in [1.807, 2.05) is 13.8 Å². The SMILES string of the molecule is C=C(C=O)/C(O)=C(\C(=O)N(C)C(C)CC)C1CCCC(F)(F)C1.